The van der Waals surface area contributed by atoms with E-state index in [2.05, 4.69) is 4.85 Å². The molecule has 0 radical (unpaired) electrons. The van der Waals surface area contributed by atoms with Gasteiger partial charge in [0.05, 0.1) is 12.0 Å². The maximum absolute atomic E-state index is 13.5. The van der Waals surface area contributed by atoms with E-state index in [9.17, 15) is 9.59 Å². The SMILES string of the molecule is [C-]#[N+]C1=C[C@]2(c3ccccc3)C(=O)N(C(C)C)CC[C@H]2[C@H](C)C1=O. The molecule has 0 aromatic heterocycles. The molecule has 0 unspecified atom stereocenters. The van der Waals surface area contributed by atoms with Crippen molar-refractivity contribution >= 4 is 11.7 Å². The second kappa shape index (κ2) is 5.90. The first-order valence-electron chi connectivity index (χ1n) is 8.44. The first kappa shape index (κ1) is 16.4. The Hall–Kier alpha value is -2.41. The third-order valence-corrected chi connectivity index (χ3v) is 5.51. The van der Waals surface area contributed by atoms with E-state index in [4.69, 9.17) is 6.57 Å². The van der Waals surface area contributed by atoms with Crippen molar-refractivity contribution in [1.29, 1.82) is 0 Å². The molecule has 1 aromatic carbocycles. The Labute approximate surface area is 143 Å². The molecule has 3 rings (SSSR count). The zero-order valence-electron chi connectivity index (χ0n) is 14.3. The highest BCUT2D eigenvalue weighted by molar-refractivity contribution is 6.04. The second-order valence-corrected chi connectivity index (χ2v) is 7.02. The number of hydrogen-bond acceptors (Lipinski definition) is 2. The molecule has 4 heteroatoms. The lowest BCUT2D eigenvalue weighted by Crippen LogP contribution is -2.60. The maximum Gasteiger partial charge on any atom is 0.236 e. The van der Waals surface area contributed by atoms with Gasteiger partial charge in [-0.2, -0.15) is 0 Å². The van der Waals surface area contributed by atoms with E-state index in [1.54, 1.807) is 6.08 Å². The smallest absolute Gasteiger partial charge is 0.236 e. The summed E-state index contributed by atoms with van der Waals surface area (Å²) in [7, 11) is 0. The Bertz CT molecular complexity index is 745. The van der Waals surface area contributed by atoms with Crippen molar-refractivity contribution in [3.63, 3.8) is 0 Å². The van der Waals surface area contributed by atoms with Gasteiger partial charge in [-0.05, 0) is 31.7 Å². The molecular formula is C20H22N2O2. The second-order valence-electron chi connectivity index (χ2n) is 7.02. The van der Waals surface area contributed by atoms with Gasteiger partial charge in [0.1, 0.15) is 0 Å². The lowest BCUT2D eigenvalue weighted by molar-refractivity contribution is -0.146. The zero-order valence-corrected chi connectivity index (χ0v) is 14.3. The van der Waals surface area contributed by atoms with Crippen LogP contribution in [0.2, 0.25) is 0 Å². The summed E-state index contributed by atoms with van der Waals surface area (Å²) < 4.78 is 0. The third kappa shape index (κ3) is 2.19. The Morgan fingerprint density at radius 2 is 1.92 bits per heavy atom. The molecule has 1 fully saturated rings. The summed E-state index contributed by atoms with van der Waals surface area (Å²) in [6.45, 7) is 13.9. The molecule has 24 heavy (non-hydrogen) atoms. The maximum atomic E-state index is 13.5. The monoisotopic (exact) mass is 322 g/mol. The van der Waals surface area contributed by atoms with E-state index in [0.717, 1.165) is 12.0 Å². The highest BCUT2D eigenvalue weighted by Gasteiger charge is 2.56. The molecule has 2 aliphatic rings. The van der Waals surface area contributed by atoms with Crippen LogP contribution in [0.3, 0.4) is 0 Å². The fourth-order valence-corrected chi connectivity index (χ4v) is 4.23. The van der Waals surface area contributed by atoms with Gasteiger partial charge in [-0.3, -0.25) is 4.79 Å². The number of benzene rings is 1. The minimum atomic E-state index is -0.906. The predicted molar refractivity (Wildman–Crippen MR) is 91.9 cm³/mol. The van der Waals surface area contributed by atoms with Crippen LogP contribution in [0.5, 0.6) is 0 Å². The average Bonchev–Trinajstić information content (AvgIpc) is 2.59. The van der Waals surface area contributed by atoms with E-state index < -0.39 is 5.41 Å². The van der Waals surface area contributed by atoms with Crippen LogP contribution in [0.15, 0.2) is 42.1 Å². The number of rotatable bonds is 2. The molecular weight excluding hydrogens is 300 g/mol. The Kier molecular flexibility index (Phi) is 4.04. The van der Waals surface area contributed by atoms with Crippen LogP contribution in [-0.4, -0.2) is 29.2 Å². The number of Topliss-reactive ketones (excluding diaryl/α,β-unsaturated/α-hetero) is 1. The largest absolute Gasteiger partial charge is 0.339 e. The molecule has 1 aromatic rings. The van der Waals surface area contributed by atoms with Crippen LogP contribution in [0.4, 0.5) is 0 Å². The lowest BCUT2D eigenvalue weighted by Gasteiger charge is -2.51. The van der Waals surface area contributed by atoms with Crippen LogP contribution >= 0.6 is 0 Å². The normalized spacial score (nSPS) is 30.0. The summed E-state index contributed by atoms with van der Waals surface area (Å²) in [5, 5.41) is 0. The number of nitrogens with zero attached hydrogens (tertiary/aromatic N) is 2. The predicted octanol–water partition coefficient (Wildman–Crippen LogP) is 3.20. The highest BCUT2D eigenvalue weighted by Crippen LogP contribution is 2.49. The van der Waals surface area contributed by atoms with Gasteiger partial charge in [-0.15, -0.1) is 0 Å². The Balaban J connectivity index is 2.28. The molecule has 4 nitrogen and oxygen atoms in total. The van der Waals surface area contributed by atoms with E-state index in [1.165, 1.54) is 0 Å². The van der Waals surface area contributed by atoms with Crippen molar-refractivity contribution in [3.8, 4) is 0 Å². The van der Waals surface area contributed by atoms with Crippen LogP contribution in [0.1, 0.15) is 32.8 Å². The van der Waals surface area contributed by atoms with E-state index in [0.29, 0.717) is 6.54 Å². The number of carbonyl (C=O) groups is 2. The van der Waals surface area contributed by atoms with Crippen molar-refractivity contribution in [2.75, 3.05) is 6.54 Å². The number of piperidine rings is 1. The molecule has 1 aliphatic heterocycles. The van der Waals surface area contributed by atoms with Crippen molar-refractivity contribution in [1.82, 2.24) is 4.90 Å². The van der Waals surface area contributed by atoms with Gasteiger partial charge in [0, 0.05) is 18.5 Å². The summed E-state index contributed by atoms with van der Waals surface area (Å²) >= 11 is 0. The topological polar surface area (TPSA) is 41.7 Å². The first-order valence-corrected chi connectivity index (χ1v) is 8.44. The third-order valence-electron chi connectivity index (χ3n) is 5.51. The molecule has 0 saturated carbocycles. The summed E-state index contributed by atoms with van der Waals surface area (Å²) in [5.41, 5.74) is 0.0733. The quantitative estimate of drug-likeness (QED) is 0.785. The van der Waals surface area contributed by atoms with E-state index >= 15 is 0 Å². The van der Waals surface area contributed by atoms with Crippen LogP contribution in [-0.2, 0) is 15.0 Å². The van der Waals surface area contributed by atoms with Crippen molar-refractivity contribution in [3.05, 3.63) is 59.1 Å². The molecule has 0 N–H and O–H groups in total. The molecule has 124 valence electrons. The summed E-state index contributed by atoms with van der Waals surface area (Å²) in [6, 6.07) is 9.71. The zero-order chi connectivity index (χ0) is 17.5. The van der Waals surface area contributed by atoms with Crippen LogP contribution < -0.4 is 0 Å². The van der Waals surface area contributed by atoms with Gasteiger partial charge in [0.25, 0.3) is 0 Å². The number of amides is 1. The number of carbonyl (C=O) groups excluding carboxylic acids is 2. The number of likely N-dealkylation sites (tertiary alicyclic amines) is 1. The van der Waals surface area contributed by atoms with Gasteiger partial charge in [-0.1, -0.05) is 43.3 Å². The van der Waals surface area contributed by atoms with E-state index in [1.807, 2.05) is 56.0 Å². The number of fused-ring (bicyclic) bond motifs is 1. The Morgan fingerprint density at radius 1 is 1.25 bits per heavy atom. The standard InChI is InChI=1S/C20H22N2O2/c1-13(2)22-11-10-16-14(3)18(23)17(21-4)12-20(16,19(22)24)15-8-6-5-7-9-15/h5-9,12-14,16H,10-11H2,1-3H3/t14-,16-,20+/m0/s1. The fourth-order valence-electron chi connectivity index (χ4n) is 4.23. The number of hydrogen-bond donors (Lipinski definition) is 0. The highest BCUT2D eigenvalue weighted by atomic mass is 16.2. The van der Waals surface area contributed by atoms with E-state index in [-0.39, 0.29) is 35.3 Å². The molecule has 0 bridgehead atoms. The van der Waals surface area contributed by atoms with Gasteiger partial charge in [0.2, 0.25) is 11.6 Å². The van der Waals surface area contributed by atoms with Crippen LogP contribution in [0, 0.1) is 18.4 Å². The number of ketones is 1. The molecule has 1 heterocycles. The molecule has 3 atom stereocenters. The minimum absolute atomic E-state index is 0.0143. The van der Waals surface area contributed by atoms with Gasteiger partial charge in [0.15, 0.2) is 5.78 Å². The average molecular weight is 322 g/mol. The van der Waals surface area contributed by atoms with Crippen molar-refractivity contribution < 1.29 is 9.59 Å². The van der Waals surface area contributed by atoms with Crippen molar-refractivity contribution in [2.24, 2.45) is 11.8 Å². The molecule has 1 saturated heterocycles. The van der Waals surface area contributed by atoms with Crippen molar-refractivity contribution in [2.45, 2.75) is 38.6 Å². The summed E-state index contributed by atoms with van der Waals surface area (Å²) in [5.74, 6) is -0.536. The Morgan fingerprint density at radius 3 is 2.50 bits per heavy atom. The fraction of sp³-hybridized carbons (Fsp3) is 0.450. The summed E-state index contributed by atoms with van der Waals surface area (Å²) in [4.78, 5) is 31.3. The number of allylic oxidation sites excluding steroid dienone is 1. The molecule has 0 spiro atoms. The summed E-state index contributed by atoms with van der Waals surface area (Å²) in [6.07, 6.45) is 2.42. The molecule has 1 amide bonds. The van der Waals surface area contributed by atoms with Gasteiger partial charge < -0.3 is 9.69 Å². The van der Waals surface area contributed by atoms with Crippen LogP contribution in [0.25, 0.3) is 4.85 Å². The molecule has 1 aliphatic carbocycles. The lowest BCUT2D eigenvalue weighted by atomic mass is 9.57. The van der Waals surface area contributed by atoms with Gasteiger partial charge >= 0.3 is 0 Å². The minimum Gasteiger partial charge on any atom is -0.339 e. The van der Waals surface area contributed by atoms with Gasteiger partial charge in [-0.25, -0.2) is 4.85 Å². The first-order chi connectivity index (χ1) is 11.4.